The number of rotatable bonds is 26. The van der Waals surface area contributed by atoms with Crippen LogP contribution < -0.4 is 5.32 Å². The zero-order valence-electron chi connectivity index (χ0n) is 21.2. The summed E-state index contributed by atoms with van der Waals surface area (Å²) in [6.07, 6.45) is 16.6. The van der Waals surface area contributed by atoms with E-state index >= 15 is 0 Å². The number of allylic oxidation sites excluding steroid dienone is 3. The van der Waals surface area contributed by atoms with Crippen molar-refractivity contribution in [2.24, 2.45) is 0 Å². The molecule has 194 valence electrons. The molecule has 0 unspecified atom stereocenters. The van der Waals surface area contributed by atoms with Crippen LogP contribution in [-0.2, 0) is 23.8 Å². The van der Waals surface area contributed by atoms with Crippen molar-refractivity contribution in [3.63, 3.8) is 0 Å². The lowest BCUT2D eigenvalue weighted by Crippen LogP contribution is -2.58. The maximum atomic E-state index is 12.2. The van der Waals surface area contributed by atoms with E-state index < -0.39 is 5.54 Å². The van der Waals surface area contributed by atoms with Crippen molar-refractivity contribution < 1.29 is 23.8 Å². The molecule has 0 aliphatic heterocycles. The molecular formula is C28H47NO5. The summed E-state index contributed by atoms with van der Waals surface area (Å²) >= 11 is 0. The van der Waals surface area contributed by atoms with Crippen molar-refractivity contribution in [3.8, 4) is 0 Å². The van der Waals surface area contributed by atoms with Crippen LogP contribution in [0.15, 0.2) is 50.6 Å². The molecule has 0 aliphatic carbocycles. The van der Waals surface area contributed by atoms with Crippen LogP contribution in [0.3, 0.4) is 0 Å². The molecule has 0 atom stereocenters. The van der Waals surface area contributed by atoms with Gasteiger partial charge in [-0.25, -0.2) is 0 Å². The zero-order valence-corrected chi connectivity index (χ0v) is 21.2. The molecule has 1 N–H and O–H groups in total. The third-order valence-corrected chi connectivity index (χ3v) is 5.29. The summed E-state index contributed by atoms with van der Waals surface area (Å²) in [5.41, 5.74) is -0.801. The van der Waals surface area contributed by atoms with E-state index in [1.807, 2.05) is 12.2 Å². The van der Waals surface area contributed by atoms with Gasteiger partial charge in [0.05, 0.1) is 19.8 Å². The molecule has 6 nitrogen and oxygen atoms in total. The molecule has 0 saturated heterocycles. The Hall–Kier alpha value is -2.02. The monoisotopic (exact) mass is 477 g/mol. The number of unbranched alkanes of at least 4 members (excludes halogenated alkanes) is 7. The fourth-order valence-corrected chi connectivity index (χ4v) is 3.29. The molecule has 0 aliphatic rings. The Kier molecular flexibility index (Phi) is 21.4. The predicted molar refractivity (Wildman–Crippen MR) is 140 cm³/mol. The molecule has 0 heterocycles. The number of hydrogen-bond donors (Lipinski definition) is 1. The molecule has 6 heteroatoms. The Morgan fingerprint density at radius 3 is 1.53 bits per heavy atom. The number of hydrogen-bond acceptors (Lipinski definition) is 5. The van der Waals surface area contributed by atoms with E-state index in [-0.39, 0.29) is 18.3 Å². The third-order valence-electron chi connectivity index (χ3n) is 5.29. The molecule has 0 aromatic rings. The van der Waals surface area contributed by atoms with Crippen molar-refractivity contribution in [1.29, 1.82) is 0 Å². The lowest BCUT2D eigenvalue weighted by atomic mass is 10.0. The van der Waals surface area contributed by atoms with Crippen LogP contribution in [0.25, 0.3) is 0 Å². The van der Waals surface area contributed by atoms with Crippen molar-refractivity contribution in [2.45, 2.75) is 76.2 Å². The topological polar surface area (TPSA) is 73.9 Å². The van der Waals surface area contributed by atoms with Gasteiger partial charge in [-0.3, -0.25) is 9.59 Å². The maximum Gasteiger partial charge on any atom is 0.244 e. The third kappa shape index (κ3) is 18.4. The number of ketones is 1. The summed E-state index contributed by atoms with van der Waals surface area (Å²) in [5, 5.41) is 2.99. The second kappa shape index (κ2) is 22.8. The standard InChI is InChI=1S/C28H47NO5/c1-5-9-11-13-16-20-32-23-28(29-27(31)8-4,24-33-21-17-14-12-10-6-2)25-34-22-18-15-19-26(30)7-3/h5-8H,1-4,9-25H2,(H,29,31). The Balaban J connectivity index is 4.82. The smallest absolute Gasteiger partial charge is 0.244 e. The minimum Gasteiger partial charge on any atom is -0.379 e. The quantitative estimate of drug-likeness (QED) is 0.101. The van der Waals surface area contributed by atoms with E-state index in [9.17, 15) is 9.59 Å². The highest BCUT2D eigenvalue weighted by molar-refractivity contribution is 5.89. The number of nitrogens with one attached hydrogen (secondary N) is 1. The average Bonchev–Trinajstić information content (AvgIpc) is 2.84. The van der Waals surface area contributed by atoms with Gasteiger partial charge >= 0.3 is 0 Å². The zero-order chi connectivity index (χ0) is 25.3. The molecule has 0 aromatic carbocycles. The average molecular weight is 478 g/mol. The molecule has 1 amide bonds. The molecule has 0 rings (SSSR count). The fourth-order valence-electron chi connectivity index (χ4n) is 3.29. The Morgan fingerprint density at radius 2 is 1.12 bits per heavy atom. The van der Waals surface area contributed by atoms with Gasteiger partial charge in [-0.1, -0.05) is 38.2 Å². The summed E-state index contributed by atoms with van der Waals surface area (Å²) in [5.74, 6) is -0.250. The lowest BCUT2D eigenvalue weighted by molar-refractivity contribution is -0.123. The van der Waals surface area contributed by atoms with E-state index in [1.54, 1.807) is 0 Å². The first-order valence-electron chi connectivity index (χ1n) is 12.6. The second-order valence-electron chi connectivity index (χ2n) is 8.54. The van der Waals surface area contributed by atoms with Crippen molar-refractivity contribution in [1.82, 2.24) is 5.32 Å². The Bertz CT molecular complexity index is 565. The predicted octanol–water partition coefficient (Wildman–Crippen LogP) is 5.50. The minimum atomic E-state index is -0.801. The first-order chi connectivity index (χ1) is 16.5. The van der Waals surface area contributed by atoms with E-state index in [2.05, 4.69) is 31.6 Å². The highest BCUT2D eigenvalue weighted by Crippen LogP contribution is 2.12. The van der Waals surface area contributed by atoms with E-state index in [0.717, 1.165) is 64.2 Å². The highest BCUT2D eigenvalue weighted by Gasteiger charge is 2.33. The number of carbonyl (C=O) groups is 2. The fraction of sp³-hybridized carbons (Fsp3) is 0.643. The van der Waals surface area contributed by atoms with Crippen LogP contribution in [0.1, 0.15) is 70.6 Å². The van der Waals surface area contributed by atoms with Crippen molar-refractivity contribution in [2.75, 3.05) is 39.6 Å². The van der Waals surface area contributed by atoms with E-state index in [4.69, 9.17) is 14.2 Å². The van der Waals surface area contributed by atoms with Crippen molar-refractivity contribution in [3.05, 3.63) is 50.6 Å². The maximum absolute atomic E-state index is 12.2. The normalized spacial score (nSPS) is 11.1. The van der Waals surface area contributed by atoms with E-state index in [1.165, 1.54) is 12.2 Å². The SMILES string of the molecule is C=CCCCCCOCC(COCCCCCC=C)(COCCCCC(=O)C=C)NC(=O)C=C. The van der Waals surface area contributed by atoms with Gasteiger partial charge < -0.3 is 19.5 Å². The molecule has 0 radical (unpaired) electrons. The molecule has 0 saturated carbocycles. The molecule has 0 spiro atoms. The van der Waals surface area contributed by atoms with Crippen LogP contribution in [-0.4, -0.2) is 56.9 Å². The van der Waals surface area contributed by atoms with Gasteiger partial charge in [-0.2, -0.15) is 0 Å². The van der Waals surface area contributed by atoms with Crippen LogP contribution >= 0.6 is 0 Å². The lowest BCUT2D eigenvalue weighted by Gasteiger charge is -2.34. The van der Waals surface area contributed by atoms with Gasteiger partial charge in [-0.15, -0.1) is 13.2 Å². The van der Waals surface area contributed by atoms with Gasteiger partial charge in [0.2, 0.25) is 5.91 Å². The van der Waals surface area contributed by atoms with Gasteiger partial charge in [0.15, 0.2) is 5.78 Å². The molecule has 0 bridgehead atoms. The summed E-state index contributed by atoms with van der Waals surface area (Å²) in [7, 11) is 0. The molecular weight excluding hydrogens is 430 g/mol. The summed E-state index contributed by atoms with van der Waals surface area (Å²) in [4.78, 5) is 23.6. The van der Waals surface area contributed by atoms with Crippen molar-refractivity contribution >= 4 is 11.7 Å². The van der Waals surface area contributed by atoms with E-state index in [0.29, 0.717) is 39.5 Å². The Labute approximate surface area is 207 Å². The number of carbonyl (C=O) groups excluding carboxylic acids is 2. The first-order valence-corrected chi connectivity index (χ1v) is 12.6. The van der Waals surface area contributed by atoms with Crippen LogP contribution in [0.4, 0.5) is 0 Å². The highest BCUT2D eigenvalue weighted by atomic mass is 16.5. The van der Waals surface area contributed by atoms with Crippen LogP contribution in [0, 0.1) is 0 Å². The van der Waals surface area contributed by atoms with Gasteiger partial charge in [-0.05, 0) is 63.5 Å². The first kappa shape index (κ1) is 32.0. The van der Waals surface area contributed by atoms with Gasteiger partial charge in [0, 0.05) is 26.2 Å². The summed E-state index contributed by atoms with van der Waals surface area (Å²) < 4.78 is 17.8. The largest absolute Gasteiger partial charge is 0.379 e. The number of ether oxygens (including phenoxy) is 3. The minimum absolute atomic E-state index is 0.0376. The Morgan fingerprint density at radius 1 is 0.647 bits per heavy atom. The molecule has 0 aromatic heterocycles. The number of amides is 1. The van der Waals surface area contributed by atoms with Gasteiger partial charge in [0.1, 0.15) is 5.54 Å². The second-order valence-corrected chi connectivity index (χ2v) is 8.54. The van der Waals surface area contributed by atoms with Gasteiger partial charge in [0.25, 0.3) is 0 Å². The van der Waals surface area contributed by atoms with Crippen LogP contribution in [0.2, 0.25) is 0 Å². The summed E-state index contributed by atoms with van der Waals surface area (Å²) in [6.45, 7) is 17.1. The molecule has 0 fully saturated rings. The summed E-state index contributed by atoms with van der Waals surface area (Å²) in [6, 6.07) is 0. The van der Waals surface area contributed by atoms with Crippen LogP contribution in [0.5, 0.6) is 0 Å². The molecule has 34 heavy (non-hydrogen) atoms.